The van der Waals surface area contributed by atoms with Crippen molar-refractivity contribution in [1.82, 2.24) is 4.98 Å². The SMILES string of the molecule is Cc1cccnc1NCCOCI. The second kappa shape index (κ2) is 6.15. The molecule has 1 aromatic rings. The van der Waals surface area contributed by atoms with E-state index < -0.39 is 0 Å². The van der Waals surface area contributed by atoms with E-state index in [1.165, 1.54) is 0 Å². The number of nitrogens with zero attached hydrogens (tertiary/aromatic N) is 1. The Morgan fingerprint density at radius 1 is 1.62 bits per heavy atom. The Morgan fingerprint density at radius 2 is 2.46 bits per heavy atom. The standard InChI is InChI=1S/C9H13IN2O/c1-8-3-2-4-11-9(8)12-5-6-13-7-10/h2-4H,5-7H2,1H3,(H,11,12). The predicted molar refractivity (Wildman–Crippen MR) is 62.3 cm³/mol. The van der Waals surface area contributed by atoms with Gasteiger partial charge in [0.15, 0.2) is 0 Å². The fourth-order valence-electron chi connectivity index (χ4n) is 0.967. The van der Waals surface area contributed by atoms with Crippen molar-refractivity contribution in [2.24, 2.45) is 0 Å². The second-order valence-electron chi connectivity index (χ2n) is 2.61. The number of aryl methyl sites for hydroxylation is 1. The summed E-state index contributed by atoms with van der Waals surface area (Å²) in [5.41, 5.74) is 1.16. The molecule has 4 heteroatoms. The van der Waals surface area contributed by atoms with E-state index in [2.05, 4.69) is 32.9 Å². The molecule has 1 rings (SSSR count). The van der Waals surface area contributed by atoms with Crippen LogP contribution in [0.5, 0.6) is 0 Å². The Labute approximate surface area is 92.0 Å². The van der Waals surface area contributed by atoms with Gasteiger partial charge >= 0.3 is 0 Å². The third kappa shape index (κ3) is 3.91. The highest BCUT2D eigenvalue weighted by Crippen LogP contribution is 2.07. The minimum Gasteiger partial charge on any atom is -0.369 e. The molecule has 0 aromatic carbocycles. The molecule has 72 valence electrons. The molecule has 1 heterocycles. The Kier molecular flexibility index (Phi) is 5.07. The van der Waals surface area contributed by atoms with Crippen LogP contribution in [0.3, 0.4) is 0 Å². The van der Waals surface area contributed by atoms with Crippen molar-refractivity contribution in [3.8, 4) is 0 Å². The first-order valence-corrected chi connectivity index (χ1v) is 5.66. The largest absolute Gasteiger partial charge is 0.369 e. The van der Waals surface area contributed by atoms with Crippen LogP contribution in [-0.2, 0) is 4.74 Å². The number of ether oxygens (including phenoxy) is 1. The normalized spacial score (nSPS) is 10.0. The summed E-state index contributed by atoms with van der Waals surface area (Å²) in [6.45, 7) is 3.56. The van der Waals surface area contributed by atoms with Crippen LogP contribution < -0.4 is 5.32 Å². The third-order valence-corrected chi connectivity index (χ3v) is 2.07. The molecule has 0 saturated heterocycles. The van der Waals surface area contributed by atoms with Gasteiger partial charge in [-0.3, -0.25) is 0 Å². The molecular formula is C9H13IN2O. The molecule has 0 saturated carbocycles. The van der Waals surface area contributed by atoms with Crippen LogP contribution in [0.1, 0.15) is 5.56 Å². The Balaban J connectivity index is 2.32. The van der Waals surface area contributed by atoms with E-state index in [0.717, 1.165) is 29.1 Å². The van der Waals surface area contributed by atoms with Gasteiger partial charge in [0.1, 0.15) is 5.82 Å². The van der Waals surface area contributed by atoms with Crippen LogP contribution >= 0.6 is 22.6 Å². The van der Waals surface area contributed by atoms with Crippen molar-refractivity contribution in [3.05, 3.63) is 23.9 Å². The summed E-state index contributed by atoms with van der Waals surface area (Å²) in [4.78, 5) is 4.21. The molecule has 0 amide bonds. The molecule has 13 heavy (non-hydrogen) atoms. The average molecular weight is 292 g/mol. The van der Waals surface area contributed by atoms with E-state index in [4.69, 9.17) is 4.74 Å². The third-order valence-electron chi connectivity index (χ3n) is 1.63. The number of aromatic nitrogens is 1. The number of nitrogens with one attached hydrogen (secondary N) is 1. The maximum atomic E-state index is 5.19. The molecule has 0 atom stereocenters. The summed E-state index contributed by atoms with van der Waals surface area (Å²) in [7, 11) is 0. The molecule has 0 radical (unpaired) electrons. The lowest BCUT2D eigenvalue weighted by atomic mass is 10.3. The van der Waals surface area contributed by atoms with Gasteiger partial charge in [-0.15, -0.1) is 0 Å². The van der Waals surface area contributed by atoms with E-state index in [1.807, 2.05) is 19.1 Å². The topological polar surface area (TPSA) is 34.2 Å². The first-order valence-electron chi connectivity index (χ1n) is 4.14. The minimum absolute atomic E-state index is 0.721. The Bertz CT molecular complexity index is 255. The molecule has 0 fully saturated rings. The summed E-state index contributed by atoms with van der Waals surface area (Å²) in [6.07, 6.45) is 1.79. The van der Waals surface area contributed by atoms with E-state index in [-0.39, 0.29) is 0 Å². The number of hydrogen-bond acceptors (Lipinski definition) is 3. The van der Waals surface area contributed by atoms with Crippen molar-refractivity contribution >= 4 is 28.4 Å². The molecular weight excluding hydrogens is 279 g/mol. The van der Waals surface area contributed by atoms with Crippen LogP contribution in [0, 0.1) is 6.92 Å². The van der Waals surface area contributed by atoms with Crippen LogP contribution in [0.4, 0.5) is 5.82 Å². The summed E-state index contributed by atoms with van der Waals surface area (Å²) < 4.78 is 5.93. The highest BCUT2D eigenvalue weighted by Gasteiger charge is 1.95. The lowest BCUT2D eigenvalue weighted by Gasteiger charge is -2.06. The monoisotopic (exact) mass is 292 g/mol. The van der Waals surface area contributed by atoms with E-state index in [9.17, 15) is 0 Å². The van der Waals surface area contributed by atoms with Gasteiger partial charge in [0.2, 0.25) is 0 Å². The van der Waals surface area contributed by atoms with Gasteiger partial charge in [-0.05, 0) is 18.6 Å². The fourth-order valence-corrected chi connectivity index (χ4v) is 1.28. The first kappa shape index (κ1) is 10.7. The fraction of sp³-hybridized carbons (Fsp3) is 0.444. The molecule has 0 aliphatic carbocycles. The Morgan fingerprint density at radius 3 is 3.15 bits per heavy atom. The van der Waals surface area contributed by atoms with Crippen LogP contribution in [0.25, 0.3) is 0 Å². The van der Waals surface area contributed by atoms with E-state index in [1.54, 1.807) is 6.20 Å². The Hall–Kier alpha value is -0.360. The van der Waals surface area contributed by atoms with Crippen molar-refractivity contribution in [2.75, 3.05) is 23.1 Å². The van der Waals surface area contributed by atoms with Crippen LogP contribution in [-0.4, -0.2) is 22.7 Å². The lowest BCUT2D eigenvalue weighted by Crippen LogP contribution is -2.10. The average Bonchev–Trinajstić information content (AvgIpc) is 2.15. The van der Waals surface area contributed by atoms with Gasteiger partial charge in [0.05, 0.1) is 11.2 Å². The van der Waals surface area contributed by atoms with Crippen LogP contribution in [0.15, 0.2) is 18.3 Å². The molecule has 1 aromatic heterocycles. The van der Waals surface area contributed by atoms with Gasteiger partial charge < -0.3 is 10.1 Å². The van der Waals surface area contributed by atoms with Crippen LogP contribution in [0.2, 0.25) is 0 Å². The highest BCUT2D eigenvalue weighted by atomic mass is 127. The molecule has 0 spiro atoms. The minimum atomic E-state index is 0.721. The number of anilines is 1. The zero-order valence-electron chi connectivity index (χ0n) is 7.59. The predicted octanol–water partition coefficient (Wildman–Crippen LogP) is 2.21. The summed E-state index contributed by atoms with van der Waals surface area (Å²) in [6, 6.07) is 3.97. The first-order chi connectivity index (χ1) is 6.34. The highest BCUT2D eigenvalue weighted by molar-refractivity contribution is 14.1. The van der Waals surface area contributed by atoms with Gasteiger partial charge in [0, 0.05) is 12.7 Å². The van der Waals surface area contributed by atoms with Gasteiger partial charge in [-0.25, -0.2) is 4.98 Å². The number of alkyl halides is 1. The number of rotatable bonds is 5. The molecule has 0 bridgehead atoms. The smallest absolute Gasteiger partial charge is 0.128 e. The summed E-state index contributed by atoms with van der Waals surface area (Å²) in [5.74, 6) is 0.944. The molecule has 1 N–H and O–H groups in total. The van der Waals surface area contributed by atoms with Crippen molar-refractivity contribution < 1.29 is 4.74 Å². The van der Waals surface area contributed by atoms with Crippen molar-refractivity contribution in [2.45, 2.75) is 6.92 Å². The zero-order chi connectivity index (χ0) is 9.52. The van der Waals surface area contributed by atoms with Crippen molar-refractivity contribution in [3.63, 3.8) is 0 Å². The maximum absolute atomic E-state index is 5.19. The molecule has 0 unspecified atom stereocenters. The zero-order valence-corrected chi connectivity index (χ0v) is 9.74. The van der Waals surface area contributed by atoms with Gasteiger partial charge in [-0.1, -0.05) is 28.7 Å². The number of pyridine rings is 1. The maximum Gasteiger partial charge on any atom is 0.128 e. The van der Waals surface area contributed by atoms with Gasteiger partial charge in [0.25, 0.3) is 0 Å². The quantitative estimate of drug-likeness (QED) is 0.513. The van der Waals surface area contributed by atoms with E-state index in [0.29, 0.717) is 0 Å². The number of halogens is 1. The lowest BCUT2D eigenvalue weighted by molar-refractivity contribution is 0.203. The summed E-state index contributed by atoms with van der Waals surface area (Å²) in [5, 5.41) is 3.21. The van der Waals surface area contributed by atoms with Gasteiger partial charge in [-0.2, -0.15) is 0 Å². The molecule has 0 aliphatic rings. The second-order valence-corrected chi connectivity index (χ2v) is 3.24. The summed E-state index contributed by atoms with van der Waals surface area (Å²) >= 11 is 2.18. The van der Waals surface area contributed by atoms with E-state index >= 15 is 0 Å². The number of hydrogen-bond donors (Lipinski definition) is 1. The van der Waals surface area contributed by atoms with Crippen molar-refractivity contribution in [1.29, 1.82) is 0 Å². The molecule has 3 nitrogen and oxygen atoms in total. The molecule has 0 aliphatic heterocycles.